The van der Waals surface area contributed by atoms with Crippen molar-refractivity contribution in [3.05, 3.63) is 81.3 Å². The zero-order valence-corrected chi connectivity index (χ0v) is 20.1. The number of rotatable bonds is 10. The number of carbonyl (C=O) groups is 1. The summed E-state index contributed by atoms with van der Waals surface area (Å²) in [7, 11) is 0. The molecule has 0 fully saturated rings. The van der Waals surface area contributed by atoms with E-state index in [9.17, 15) is 15.0 Å². The number of esters is 1. The van der Waals surface area contributed by atoms with Crippen molar-refractivity contribution in [1.82, 2.24) is 0 Å². The largest absolute Gasteiger partial charge is 0.504 e. The van der Waals surface area contributed by atoms with Crippen molar-refractivity contribution in [3.8, 4) is 28.7 Å². The number of phenolic OH excluding ortho intramolecular Hbond substituents is 2. The van der Waals surface area contributed by atoms with Crippen molar-refractivity contribution in [3.63, 3.8) is 0 Å². The molecule has 0 atom stereocenters. The van der Waals surface area contributed by atoms with Crippen LogP contribution in [0.1, 0.15) is 18.4 Å². The molecule has 0 radical (unpaired) electrons. The number of benzene rings is 3. The van der Waals surface area contributed by atoms with Crippen LogP contribution in [0.25, 0.3) is 6.08 Å². The van der Waals surface area contributed by atoms with Gasteiger partial charge in [-0.3, -0.25) is 0 Å². The Balaban J connectivity index is 1.44. The summed E-state index contributed by atoms with van der Waals surface area (Å²) in [4.78, 5) is 11.8. The molecule has 0 aromatic heterocycles. The van der Waals surface area contributed by atoms with Gasteiger partial charge in [-0.1, -0.05) is 40.9 Å². The second kappa shape index (κ2) is 12.4. The van der Waals surface area contributed by atoms with Crippen LogP contribution in [0.3, 0.4) is 0 Å². The van der Waals surface area contributed by atoms with Crippen molar-refractivity contribution < 1.29 is 29.2 Å². The highest BCUT2D eigenvalue weighted by atomic mass is 35.5. The average Bonchev–Trinajstić information content (AvgIpc) is 2.80. The topological polar surface area (TPSA) is 85.2 Å². The van der Waals surface area contributed by atoms with Gasteiger partial charge in [-0.2, -0.15) is 0 Å². The normalized spacial score (nSPS) is 10.9. The fraction of sp³-hybridized carbons (Fsp3) is 0.160. The lowest BCUT2D eigenvalue weighted by atomic mass is 10.2. The first-order valence-electron chi connectivity index (χ1n) is 10.2. The molecule has 0 spiro atoms. The fourth-order valence-corrected chi connectivity index (χ4v) is 3.38. The van der Waals surface area contributed by atoms with Gasteiger partial charge in [0.2, 0.25) is 0 Å². The molecule has 3 aromatic rings. The average molecular weight is 524 g/mol. The Morgan fingerprint density at radius 3 is 2.24 bits per heavy atom. The van der Waals surface area contributed by atoms with E-state index in [1.165, 1.54) is 24.3 Å². The number of hydrogen-bond acceptors (Lipinski definition) is 6. The third-order valence-electron chi connectivity index (χ3n) is 4.47. The highest BCUT2D eigenvalue weighted by molar-refractivity contribution is 6.35. The van der Waals surface area contributed by atoms with Gasteiger partial charge < -0.3 is 24.4 Å². The van der Waals surface area contributed by atoms with E-state index in [4.69, 9.17) is 49.0 Å². The van der Waals surface area contributed by atoms with Crippen molar-refractivity contribution in [2.45, 2.75) is 12.8 Å². The SMILES string of the molecule is O=C(/C=C/c1ccc(O)c(O)c1)OCCCCOc1cc(Cl)ccc1Oc1ccc(Cl)cc1Cl. The molecule has 0 aliphatic heterocycles. The molecule has 2 N–H and O–H groups in total. The minimum Gasteiger partial charge on any atom is -0.504 e. The Bertz CT molecular complexity index is 1180. The van der Waals surface area contributed by atoms with Gasteiger partial charge in [0.05, 0.1) is 18.2 Å². The summed E-state index contributed by atoms with van der Waals surface area (Å²) >= 11 is 18.2. The monoisotopic (exact) mass is 522 g/mol. The van der Waals surface area contributed by atoms with Gasteiger partial charge in [0, 0.05) is 22.2 Å². The molecule has 3 aromatic carbocycles. The standard InChI is InChI=1S/C25H21Cl3O6/c26-17-5-8-22(19(28)14-17)34-23-9-6-18(27)15-24(23)32-11-1-2-12-33-25(31)10-4-16-3-7-20(29)21(30)13-16/h3-10,13-15,29-30H,1-2,11-12H2/b10-4+. The number of hydrogen-bond donors (Lipinski definition) is 2. The lowest BCUT2D eigenvalue weighted by Gasteiger charge is -2.14. The molecule has 6 nitrogen and oxygen atoms in total. The van der Waals surface area contributed by atoms with Crippen molar-refractivity contribution in [2.75, 3.05) is 13.2 Å². The second-order valence-corrected chi connectivity index (χ2v) is 8.35. The highest BCUT2D eigenvalue weighted by Gasteiger charge is 2.11. The van der Waals surface area contributed by atoms with E-state index in [1.807, 2.05) is 0 Å². The third-order valence-corrected chi connectivity index (χ3v) is 5.24. The number of ether oxygens (including phenoxy) is 3. The van der Waals surface area contributed by atoms with Gasteiger partial charge in [-0.15, -0.1) is 0 Å². The highest BCUT2D eigenvalue weighted by Crippen LogP contribution is 2.37. The van der Waals surface area contributed by atoms with Gasteiger partial charge in [0.25, 0.3) is 0 Å². The molecule has 0 heterocycles. The maximum atomic E-state index is 11.8. The van der Waals surface area contributed by atoms with Crippen LogP contribution in [0.15, 0.2) is 60.7 Å². The minimum atomic E-state index is -0.515. The Hall–Kier alpha value is -3.06. The van der Waals surface area contributed by atoms with E-state index < -0.39 is 5.97 Å². The molecule has 0 amide bonds. The van der Waals surface area contributed by atoms with E-state index >= 15 is 0 Å². The van der Waals surface area contributed by atoms with Gasteiger partial charge >= 0.3 is 5.97 Å². The number of unbranched alkanes of at least 4 members (excludes halogenated alkanes) is 1. The third kappa shape index (κ3) is 7.76. The molecule has 0 bridgehead atoms. The van der Waals surface area contributed by atoms with E-state index in [-0.39, 0.29) is 18.1 Å². The van der Waals surface area contributed by atoms with Gasteiger partial charge in [-0.05, 0) is 66.9 Å². The van der Waals surface area contributed by atoms with Crippen LogP contribution < -0.4 is 9.47 Å². The number of halogens is 3. The lowest BCUT2D eigenvalue weighted by molar-refractivity contribution is -0.137. The zero-order valence-electron chi connectivity index (χ0n) is 17.8. The second-order valence-electron chi connectivity index (χ2n) is 7.07. The predicted octanol–water partition coefficient (Wildman–Crippen LogP) is 7.27. The Labute approximate surface area is 211 Å². The molecular weight excluding hydrogens is 503 g/mol. The molecule has 0 aliphatic rings. The van der Waals surface area contributed by atoms with Gasteiger partial charge in [-0.25, -0.2) is 4.79 Å². The maximum Gasteiger partial charge on any atom is 0.330 e. The lowest BCUT2D eigenvalue weighted by Crippen LogP contribution is -2.05. The molecule has 0 aliphatic carbocycles. The summed E-state index contributed by atoms with van der Waals surface area (Å²) in [5.41, 5.74) is 0.556. The van der Waals surface area contributed by atoms with Crippen LogP contribution >= 0.6 is 34.8 Å². The van der Waals surface area contributed by atoms with E-state index in [0.717, 1.165) is 0 Å². The molecule has 3 rings (SSSR count). The Morgan fingerprint density at radius 1 is 0.794 bits per heavy atom. The van der Waals surface area contributed by atoms with Crippen LogP contribution in [-0.4, -0.2) is 29.4 Å². The predicted molar refractivity (Wildman–Crippen MR) is 132 cm³/mol. The van der Waals surface area contributed by atoms with Crippen molar-refractivity contribution >= 4 is 46.8 Å². The summed E-state index contributed by atoms with van der Waals surface area (Å²) in [6, 6.07) is 14.2. The molecular formula is C25H21Cl3O6. The summed E-state index contributed by atoms with van der Waals surface area (Å²) in [6.07, 6.45) is 3.94. The minimum absolute atomic E-state index is 0.215. The van der Waals surface area contributed by atoms with Gasteiger partial charge in [0.1, 0.15) is 5.75 Å². The van der Waals surface area contributed by atoms with E-state index in [0.29, 0.717) is 57.3 Å². The molecule has 34 heavy (non-hydrogen) atoms. The van der Waals surface area contributed by atoms with E-state index in [1.54, 1.807) is 42.5 Å². The number of phenols is 2. The first-order valence-corrected chi connectivity index (χ1v) is 11.4. The number of aromatic hydroxyl groups is 2. The summed E-state index contributed by atoms with van der Waals surface area (Å²) < 4.78 is 16.8. The van der Waals surface area contributed by atoms with Crippen LogP contribution in [0.5, 0.6) is 28.7 Å². The summed E-state index contributed by atoms with van der Waals surface area (Å²) in [5.74, 6) is 0.327. The van der Waals surface area contributed by atoms with Crippen molar-refractivity contribution in [2.24, 2.45) is 0 Å². The van der Waals surface area contributed by atoms with Gasteiger partial charge in [0.15, 0.2) is 23.0 Å². The molecule has 9 heteroatoms. The van der Waals surface area contributed by atoms with Crippen LogP contribution in [0, 0.1) is 0 Å². The zero-order chi connectivity index (χ0) is 24.5. The fourth-order valence-electron chi connectivity index (χ4n) is 2.77. The van der Waals surface area contributed by atoms with Crippen LogP contribution in [0.4, 0.5) is 0 Å². The Morgan fingerprint density at radius 2 is 1.50 bits per heavy atom. The number of carbonyl (C=O) groups excluding carboxylic acids is 1. The molecule has 0 unspecified atom stereocenters. The van der Waals surface area contributed by atoms with Crippen LogP contribution in [-0.2, 0) is 9.53 Å². The smallest absolute Gasteiger partial charge is 0.330 e. The molecule has 178 valence electrons. The Kier molecular flexibility index (Phi) is 9.33. The first kappa shape index (κ1) is 25.6. The summed E-state index contributed by atoms with van der Waals surface area (Å²) in [6.45, 7) is 0.567. The maximum absolute atomic E-state index is 11.8. The van der Waals surface area contributed by atoms with Crippen molar-refractivity contribution in [1.29, 1.82) is 0 Å². The molecule has 0 saturated carbocycles. The van der Waals surface area contributed by atoms with E-state index in [2.05, 4.69) is 0 Å². The summed E-state index contributed by atoms with van der Waals surface area (Å²) in [5, 5.41) is 20.1. The quantitative estimate of drug-likeness (QED) is 0.126. The van der Waals surface area contributed by atoms with Crippen LogP contribution in [0.2, 0.25) is 15.1 Å². The first-order chi connectivity index (χ1) is 16.3. The molecule has 0 saturated heterocycles.